The van der Waals surface area contributed by atoms with Gasteiger partial charge >= 0.3 is 0 Å². The first-order valence-electron chi connectivity index (χ1n) is 14.0. The molecule has 0 radical (unpaired) electrons. The third-order valence-electron chi connectivity index (χ3n) is 6.63. The van der Waals surface area contributed by atoms with Gasteiger partial charge in [0, 0.05) is 25.1 Å². The Morgan fingerprint density at radius 2 is 1.71 bits per heavy atom. The van der Waals surface area contributed by atoms with Gasteiger partial charge in [-0.2, -0.15) is 4.39 Å². The number of hydrogen-bond donors (Lipinski definition) is 2. The van der Waals surface area contributed by atoms with Gasteiger partial charge in [-0.25, -0.2) is 8.42 Å². The average Bonchev–Trinajstić information content (AvgIpc) is 3.23. The van der Waals surface area contributed by atoms with Gasteiger partial charge < -0.3 is 14.7 Å². The molecule has 1 atom stereocenters. The SMILES string of the molecule is CCCC(=O)N(Cc1ccc(-c2ccccc2S(=O)(=O)Nc2noc(C)c2F)cc1)[C@H](C(=O)NCC(C)(C)C)C(C)C. The highest BCUT2D eigenvalue weighted by Crippen LogP contribution is 2.30. The quantitative estimate of drug-likeness (QED) is 0.267. The normalized spacial score (nSPS) is 12.7. The molecule has 9 nitrogen and oxygen atoms in total. The molecule has 0 spiro atoms. The van der Waals surface area contributed by atoms with Gasteiger partial charge in [-0.1, -0.05) is 89.2 Å². The first kappa shape index (κ1) is 32.8. The van der Waals surface area contributed by atoms with Crippen molar-refractivity contribution in [3.05, 3.63) is 65.7 Å². The fraction of sp³-hybridized carbons (Fsp3) is 0.452. The maximum Gasteiger partial charge on any atom is 0.263 e. The van der Waals surface area contributed by atoms with Crippen LogP contribution in [0.1, 0.15) is 65.7 Å². The number of halogens is 1. The van der Waals surface area contributed by atoms with Crippen LogP contribution in [0.2, 0.25) is 0 Å². The van der Waals surface area contributed by atoms with E-state index in [1.807, 2.05) is 53.7 Å². The molecule has 11 heteroatoms. The van der Waals surface area contributed by atoms with Crippen LogP contribution in [0.4, 0.5) is 10.2 Å². The zero-order chi connectivity index (χ0) is 31.2. The molecule has 1 heterocycles. The van der Waals surface area contributed by atoms with Crippen LogP contribution < -0.4 is 10.0 Å². The molecular weight excluding hydrogens is 559 g/mol. The first-order valence-corrected chi connectivity index (χ1v) is 15.5. The summed E-state index contributed by atoms with van der Waals surface area (Å²) in [5.41, 5.74) is 1.69. The Morgan fingerprint density at radius 3 is 2.26 bits per heavy atom. The van der Waals surface area contributed by atoms with E-state index in [1.165, 1.54) is 13.0 Å². The highest BCUT2D eigenvalue weighted by Gasteiger charge is 2.33. The summed E-state index contributed by atoms with van der Waals surface area (Å²) in [4.78, 5) is 28.1. The summed E-state index contributed by atoms with van der Waals surface area (Å²) in [6.45, 7) is 13.9. The molecule has 228 valence electrons. The second-order valence-electron chi connectivity index (χ2n) is 11.9. The standard InChI is InChI=1S/C31H41FN4O5S/c1-8-11-26(37)36(28(20(2)3)30(38)33-19-31(5,6)7)18-22-14-16-23(17-15-22)24-12-9-10-13-25(24)42(39,40)35-29-27(32)21(4)41-34-29/h9-10,12-17,20,28H,8,11,18-19H2,1-7H3,(H,33,38)(H,34,35)/t28-/m0/s1. The van der Waals surface area contributed by atoms with Crippen molar-refractivity contribution in [2.24, 2.45) is 11.3 Å². The summed E-state index contributed by atoms with van der Waals surface area (Å²) in [6, 6.07) is 12.8. The van der Waals surface area contributed by atoms with Crippen LogP contribution in [0.25, 0.3) is 11.1 Å². The van der Waals surface area contributed by atoms with Gasteiger partial charge in [-0.05, 0) is 41.9 Å². The predicted molar refractivity (Wildman–Crippen MR) is 160 cm³/mol. The molecule has 0 unspecified atom stereocenters. The topological polar surface area (TPSA) is 122 Å². The molecule has 3 aromatic rings. The van der Waals surface area contributed by atoms with E-state index in [2.05, 4.69) is 15.2 Å². The Balaban J connectivity index is 1.90. The van der Waals surface area contributed by atoms with E-state index in [1.54, 1.807) is 35.2 Å². The number of nitrogens with one attached hydrogen (secondary N) is 2. The molecule has 0 saturated carbocycles. The minimum Gasteiger partial charge on any atom is -0.356 e. The van der Waals surface area contributed by atoms with Crippen molar-refractivity contribution >= 4 is 27.7 Å². The largest absolute Gasteiger partial charge is 0.356 e. The van der Waals surface area contributed by atoms with Gasteiger partial charge in [0.15, 0.2) is 5.76 Å². The monoisotopic (exact) mass is 600 g/mol. The maximum absolute atomic E-state index is 14.2. The van der Waals surface area contributed by atoms with Crippen molar-refractivity contribution in [2.45, 2.75) is 78.8 Å². The van der Waals surface area contributed by atoms with Crippen LogP contribution in [0, 0.1) is 24.1 Å². The summed E-state index contributed by atoms with van der Waals surface area (Å²) in [6.07, 6.45) is 0.970. The zero-order valence-corrected chi connectivity index (χ0v) is 26.1. The van der Waals surface area contributed by atoms with Gasteiger partial charge in [0.05, 0.1) is 4.90 Å². The van der Waals surface area contributed by atoms with E-state index in [9.17, 15) is 22.4 Å². The Bertz CT molecular complexity index is 1490. The molecule has 0 aliphatic rings. The summed E-state index contributed by atoms with van der Waals surface area (Å²) < 4.78 is 47.5. The van der Waals surface area contributed by atoms with Crippen molar-refractivity contribution in [3.8, 4) is 11.1 Å². The molecular formula is C31H41FN4O5S. The number of rotatable bonds is 12. The lowest BCUT2D eigenvalue weighted by atomic mass is 9.95. The Morgan fingerprint density at radius 1 is 1.07 bits per heavy atom. The maximum atomic E-state index is 14.2. The number of nitrogens with zero attached hydrogens (tertiary/aromatic N) is 2. The number of aromatic nitrogens is 1. The highest BCUT2D eigenvalue weighted by molar-refractivity contribution is 7.92. The van der Waals surface area contributed by atoms with E-state index in [-0.39, 0.29) is 40.3 Å². The number of hydrogen-bond acceptors (Lipinski definition) is 6. The molecule has 0 saturated heterocycles. The van der Waals surface area contributed by atoms with Gasteiger partial charge in [0.25, 0.3) is 10.0 Å². The number of benzene rings is 2. The number of sulfonamides is 1. The molecule has 3 rings (SSSR count). The van der Waals surface area contributed by atoms with Crippen LogP contribution in [0.15, 0.2) is 57.9 Å². The third kappa shape index (κ3) is 8.18. The highest BCUT2D eigenvalue weighted by atomic mass is 32.2. The predicted octanol–water partition coefficient (Wildman–Crippen LogP) is 5.91. The molecule has 1 aromatic heterocycles. The number of amides is 2. The van der Waals surface area contributed by atoms with Crippen LogP contribution in [0.5, 0.6) is 0 Å². The van der Waals surface area contributed by atoms with Crippen molar-refractivity contribution in [1.29, 1.82) is 0 Å². The lowest BCUT2D eigenvalue weighted by Crippen LogP contribution is -2.53. The zero-order valence-electron chi connectivity index (χ0n) is 25.3. The number of aryl methyl sites for hydroxylation is 1. The second-order valence-corrected chi connectivity index (χ2v) is 13.6. The van der Waals surface area contributed by atoms with Crippen LogP contribution in [-0.4, -0.2) is 42.9 Å². The van der Waals surface area contributed by atoms with E-state index in [0.717, 1.165) is 5.56 Å². The lowest BCUT2D eigenvalue weighted by Gasteiger charge is -2.34. The van der Waals surface area contributed by atoms with Crippen LogP contribution in [0.3, 0.4) is 0 Å². The molecule has 0 bridgehead atoms. The van der Waals surface area contributed by atoms with E-state index >= 15 is 0 Å². The number of carbonyl (C=O) groups excluding carboxylic acids is 2. The summed E-state index contributed by atoms with van der Waals surface area (Å²) in [5.74, 6) is -1.94. The van der Waals surface area contributed by atoms with Crippen LogP contribution in [-0.2, 0) is 26.2 Å². The van der Waals surface area contributed by atoms with E-state index in [0.29, 0.717) is 30.5 Å². The first-order chi connectivity index (χ1) is 19.6. The summed E-state index contributed by atoms with van der Waals surface area (Å²) >= 11 is 0. The van der Waals surface area contributed by atoms with Gasteiger partial charge in [-0.3, -0.25) is 14.3 Å². The van der Waals surface area contributed by atoms with Gasteiger partial charge in [-0.15, -0.1) is 0 Å². The Kier molecular flexibility index (Phi) is 10.5. The van der Waals surface area contributed by atoms with Crippen LogP contribution >= 0.6 is 0 Å². The van der Waals surface area contributed by atoms with Gasteiger partial charge in [0.2, 0.25) is 23.4 Å². The van der Waals surface area contributed by atoms with Crippen molar-refractivity contribution < 1.29 is 26.9 Å². The molecule has 0 aliphatic heterocycles. The Hall–Kier alpha value is -3.73. The summed E-state index contributed by atoms with van der Waals surface area (Å²) in [7, 11) is -4.20. The average molecular weight is 601 g/mol. The second kappa shape index (κ2) is 13.5. The molecule has 2 N–H and O–H groups in total. The fourth-order valence-corrected chi connectivity index (χ4v) is 5.72. The van der Waals surface area contributed by atoms with E-state index in [4.69, 9.17) is 4.52 Å². The minimum atomic E-state index is -4.20. The molecule has 0 fully saturated rings. The fourth-order valence-electron chi connectivity index (χ4n) is 4.49. The lowest BCUT2D eigenvalue weighted by molar-refractivity contribution is -0.143. The molecule has 0 aliphatic carbocycles. The molecule has 2 amide bonds. The summed E-state index contributed by atoms with van der Waals surface area (Å²) in [5, 5.41) is 6.47. The third-order valence-corrected chi connectivity index (χ3v) is 8.03. The van der Waals surface area contributed by atoms with Gasteiger partial charge in [0.1, 0.15) is 6.04 Å². The number of carbonyl (C=O) groups is 2. The molecule has 42 heavy (non-hydrogen) atoms. The van der Waals surface area contributed by atoms with Crippen molar-refractivity contribution in [2.75, 3.05) is 11.3 Å². The van der Waals surface area contributed by atoms with Crippen molar-refractivity contribution in [1.82, 2.24) is 15.4 Å². The Labute approximate surface area is 247 Å². The number of anilines is 1. The smallest absolute Gasteiger partial charge is 0.263 e. The van der Waals surface area contributed by atoms with E-state index < -0.39 is 27.7 Å². The molecule has 2 aromatic carbocycles. The van der Waals surface area contributed by atoms with Crippen molar-refractivity contribution in [3.63, 3.8) is 0 Å². The minimum absolute atomic E-state index is 0.0621.